The average Bonchev–Trinajstić information content (AvgIpc) is 3.11. The number of fused-ring (bicyclic) bond motifs is 2. The summed E-state index contributed by atoms with van der Waals surface area (Å²) < 4.78 is 1.80. The maximum absolute atomic E-state index is 11.9. The van der Waals surface area contributed by atoms with E-state index in [4.69, 9.17) is 0 Å². The Morgan fingerprint density at radius 1 is 1.43 bits per heavy atom. The van der Waals surface area contributed by atoms with Gasteiger partial charge in [0.1, 0.15) is 5.82 Å². The molecule has 6 nitrogen and oxygen atoms in total. The number of hydrogen-bond donors (Lipinski definition) is 2. The summed E-state index contributed by atoms with van der Waals surface area (Å²) in [4.78, 5) is 16.2. The SMILES string of the molecule is Cc1nc(NC(=O)NC[C@@H]2C[C@@H]3C=C[C@H]2C3)nn1C(C)C. The highest BCUT2D eigenvalue weighted by molar-refractivity contribution is 5.87. The van der Waals surface area contributed by atoms with Crippen molar-refractivity contribution in [2.45, 2.75) is 39.7 Å². The number of nitrogens with one attached hydrogen (secondary N) is 2. The molecule has 1 heterocycles. The summed E-state index contributed by atoms with van der Waals surface area (Å²) in [5.74, 6) is 3.13. The molecule has 0 spiro atoms. The van der Waals surface area contributed by atoms with Crippen LogP contribution in [-0.4, -0.2) is 27.3 Å². The lowest BCUT2D eigenvalue weighted by Gasteiger charge is -2.18. The van der Waals surface area contributed by atoms with Crippen molar-refractivity contribution in [3.8, 4) is 0 Å². The van der Waals surface area contributed by atoms with E-state index in [2.05, 4.69) is 32.9 Å². The highest BCUT2D eigenvalue weighted by Crippen LogP contribution is 2.42. The van der Waals surface area contributed by atoms with Crippen LogP contribution in [0.5, 0.6) is 0 Å². The zero-order valence-electron chi connectivity index (χ0n) is 12.8. The fraction of sp³-hybridized carbons (Fsp3) is 0.667. The minimum atomic E-state index is -0.220. The summed E-state index contributed by atoms with van der Waals surface area (Å²) in [6.45, 7) is 6.68. The van der Waals surface area contributed by atoms with Crippen LogP contribution in [0.25, 0.3) is 0 Å². The standard InChI is InChI=1S/C15H23N5O/c1-9(2)20-10(3)17-14(19-20)18-15(21)16-8-13-7-11-4-5-12(13)6-11/h4-5,9,11-13H,6-8H2,1-3H3,(H2,16,18,19,21)/t11-,12+,13+/m1/s1. The van der Waals surface area contributed by atoms with Crippen LogP contribution in [0, 0.1) is 24.7 Å². The van der Waals surface area contributed by atoms with Crippen molar-refractivity contribution in [1.82, 2.24) is 20.1 Å². The van der Waals surface area contributed by atoms with E-state index in [1.165, 1.54) is 12.8 Å². The normalized spacial score (nSPS) is 26.6. The maximum Gasteiger partial charge on any atom is 0.321 e. The second-order valence-corrected chi connectivity index (χ2v) is 6.40. The highest BCUT2D eigenvalue weighted by atomic mass is 16.2. The fourth-order valence-electron chi connectivity index (χ4n) is 3.44. The summed E-state index contributed by atoms with van der Waals surface area (Å²) in [7, 11) is 0. The Balaban J connectivity index is 1.50. The van der Waals surface area contributed by atoms with Crippen LogP contribution < -0.4 is 10.6 Å². The van der Waals surface area contributed by atoms with Crippen LogP contribution in [0.1, 0.15) is 38.6 Å². The maximum atomic E-state index is 11.9. The van der Waals surface area contributed by atoms with E-state index in [1.807, 2.05) is 20.8 Å². The summed E-state index contributed by atoms with van der Waals surface area (Å²) in [5.41, 5.74) is 0. The van der Waals surface area contributed by atoms with E-state index in [0.717, 1.165) is 18.3 Å². The molecule has 2 aliphatic carbocycles. The molecule has 3 atom stereocenters. The van der Waals surface area contributed by atoms with Gasteiger partial charge in [-0.05, 0) is 51.4 Å². The van der Waals surface area contributed by atoms with Gasteiger partial charge in [0.05, 0.1) is 0 Å². The minimum Gasteiger partial charge on any atom is -0.337 e. The van der Waals surface area contributed by atoms with Crippen molar-refractivity contribution in [2.24, 2.45) is 17.8 Å². The van der Waals surface area contributed by atoms with Gasteiger partial charge in [0.2, 0.25) is 5.95 Å². The van der Waals surface area contributed by atoms with E-state index >= 15 is 0 Å². The third kappa shape index (κ3) is 2.94. The van der Waals surface area contributed by atoms with Crippen molar-refractivity contribution in [1.29, 1.82) is 0 Å². The third-order valence-electron chi connectivity index (χ3n) is 4.46. The molecule has 3 rings (SSSR count). The van der Waals surface area contributed by atoms with Crippen LogP contribution in [0.3, 0.4) is 0 Å². The number of urea groups is 1. The van der Waals surface area contributed by atoms with Crippen molar-refractivity contribution in [3.05, 3.63) is 18.0 Å². The third-order valence-corrected chi connectivity index (χ3v) is 4.46. The topological polar surface area (TPSA) is 71.8 Å². The summed E-state index contributed by atoms with van der Waals surface area (Å²) in [5, 5.41) is 9.95. The molecule has 0 aromatic carbocycles. The molecule has 2 aliphatic rings. The molecule has 2 N–H and O–H groups in total. The Kier molecular flexibility index (Phi) is 3.69. The van der Waals surface area contributed by atoms with Crippen molar-refractivity contribution in [3.63, 3.8) is 0 Å². The van der Waals surface area contributed by atoms with Gasteiger partial charge in [0, 0.05) is 12.6 Å². The van der Waals surface area contributed by atoms with Crippen molar-refractivity contribution < 1.29 is 4.79 Å². The van der Waals surface area contributed by atoms with Crippen LogP contribution in [0.4, 0.5) is 10.7 Å². The lowest BCUT2D eigenvalue weighted by Crippen LogP contribution is -2.34. The van der Waals surface area contributed by atoms with Crippen molar-refractivity contribution >= 4 is 12.0 Å². The number of aryl methyl sites for hydroxylation is 1. The Labute approximate surface area is 125 Å². The van der Waals surface area contributed by atoms with Gasteiger partial charge in [-0.15, -0.1) is 5.10 Å². The zero-order valence-corrected chi connectivity index (χ0v) is 12.8. The Morgan fingerprint density at radius 2 is 2.24 bits per heavy atom. The largest absolute Gasteiger partial charge is 0.337 e. The van der Waals surface area contributed by atoms with Gasteiger partial charge >= 0.3 is 6.03 Å². The lowest BCUT2D eigenvalue weighted by molar-refractivity contribution is 0.249. The molecule has 1 aromatic heterocycles. The summed E-state index contributed by atoms with van der Waals surface area (Å²) >= 11 is 0. The van der Waals surface area contributed by atoms with Gasteiger partial charge < -0.3 is 5.32 Å². The Bertz CT molecular complexity index is 562. The number of rotatable bonds is 4. The first-order valence-electron chi connectivity index (χ1n) is 7.69. The molecule has 1 saturated carbocycles. The van der Waals surface area contributed by atoms with Crippen molar-refractivity contribution in [2.75, 3.05) is 11.9 Å². The molecular weight excluding hydrogens is 266 g/mol. The zero-order chi connectivity index (χ0) is 15.0. The smallest absolute Gasteiger partial charge is 0.321 e. The number of amides is 2. The van der Waals surface area contributed by atoms with Gasteiger partial charge in [-0.25, -0.2) is 9.48 Å². The highest BCUT2D eigenvalue weighted by Gasteiger charge is 2.35. The van der Waals surface area contributed by atoms with E-state index < -0.39 is 0 Å². The van der Waals surface area contributed by atoms with Crippen LogP contribution in [0.15, 0.2) is 12.2 Å². The number of aromatic nitrogens is 3. The molecule has 1 aromatic rings. The van der Waals surface area contributed by atoms with Gasteiger partial charge in [-0.1, -0.05) is 12.2 Å². The first-order valence-corrected chi connectivity index (χ1v) is 7.69. The second kappa shape index (κ2) is 5.50. The first kappa shape index (κ1) is 14.1. The number of anilines is 1. The number of carbonyl (C=O) groups is 1. The average molecular weight is 289 g/mol. The Morgan fingerprint density at radius 3 is 2.81 bits per heavy atom. The summed E-state index contributed by atoms with van der Waals surface area (Å²) in [6, 6.07) is 0.0135. The Hall–Kier alpha value is -1.85. The first-order chi connectivity index (χ1) is 10.0. The molecular formula is C15H23N5O. The quantitative estimate of drug-likeness (QED) is 0.837. The molecule has 1 fully saturated rings. The van der Waals surface area contributed by atoms with Gasteiger partial charge in [-0.3, -0.25) is 5.32 Å². The van der Waals surface area contributed by atoms with E-state index in [0.29, 0.717) is 17.8 Å². The lowest BCUT2D eigenvalue weighted by atomic mass is 9.94. The molecule has 0 saturated heterocycles. The van der Waals surface area contributed by atoms with Gasteiger partial charge in [-0.2, -0.15) is 4.98 Å². The molecule has 114 valence electrons. The van der Waals surface area contributed by atoms with E-state index in [9.17, 15) is 4.79 Å². The second-order valence-electron chi connectivity index (χ2n) is 6.40. The van der Waals surface area contributed by atoms with Crippen LogP contribution >= 0.6 is 0 Å². The monoisotopic (exact) mass is 289 g/mol. The van der Waals surface area contributed by atoms with E-state index in [1.54, 1.807) is 4.68 Å². The van der Waals surface area contributed by atoms with E-state index in [-0.39, 0.29) is 12.1 Å². The molecule has 21 heavy (non-hydrogen) atoms. The van der Waals surface area contributed by atoms with Crippen LogP contribution in [-0.2, 0) is 0 Å². The molecule has 2 bridgehead atoms. The number of nitrogens with zero attached hydrogens (tertiary/aromatic N) is 3. The molecule has 6 heteroatoms. The van der Waals surface area contributed by atoms with Gasteiger partial charge in [0.15, 0.2) is 0 Å². The minimum absolute atomic E-state index is 0.220. The predicted molar refractivity (Wildman–Crippen MR) is 81.0 cm³/mol. The fourth-order valence-corrected chi connectivity index (χ4v) is 3.44. The molecule has 0 radical (unpaired) electrons. The number of allylic oxidation sites excluding steroid dienone is 2. The molecule has 0 aliphatic heterocycles. The van der Waals surface area contributed by atoms with Gasteiger partial charge in [0.25, 0.3) is 0 Å². The number of carbonyl (C=O) groups excluding carboxylic acids is 1. The molecule has 0 unspecified atom stereocenters. The number of hydrogen-bond acceptors (Lipinski definition) is 3. The van der Waals surface area contributed by atoms with Crippen LogP contribution in [0.2, 0.25) is 0 Å². The molecule has 2 amide bonds. The predicted octanol–water partition coefficient (Wildman–Crippen LogP) is 2.50. The summed E-state index contributed by atoms with van der Waals surface area (Å²) in [6.07, 6.45) is 7.06.